The van der Waals surface area contributed by atoms with Crippen LogP contribution in [-0.4, -0.2) is 18.7 Å². The number of hydrogen-bond donors (Lipinski definition) is 2. The van der Waals surface area contributed by atoms with Crippen molar-refractivity contribution in [3.8, 4) is 5.75 Å². The van der Waals surface area contributed by atoms with Gasteiger partial charge >= 0.3 is 6.03 Å². The van der Waals surface area contributed by atoms with Crippen LogP contribution in [0.1, 0.15) is 11.1 Å². The van der Waals surface area contributed by atoms with E-state index in [1.807, 2.05) is 30.3 Å². The molecule has 0 spiro atoms. The van der Waals surface area contributed by atoms with E-state index in [-0.39, 0.29) is 12.1 Å². The number of carbonyl (C=O) groups is 1. The van der Waals surface area contributed by atoms with Gasteiger partial charge in [-0.15, -0.1) is 0 Å². The number of rotatable bonds is 4. The van der Waals surface area contributed by atoms with E-state index in [0.29, 0.717) is 13.1 Å². The van der Waals surface area contributed by atoms with Gasteiger partial charge in [0.05, 0.1) is 19.1 Å². The molecule has 0 saturated carbocycles. The largest absolute Gasteiger partial charge is 0.488 e. The average molecular weight is 272 g/mol. The summed E-state index contributed by atoms with van der Waals surface area (Å²) < 4.78 is 10.7. The Morgan fingerprint density at radius 2 is 2.15 bits per heavy atom. The Kier molecular flexibility index (Phi) is 3.58. The molecule has 2 heterocycles. The van der Waals surface area contributed by atoms with Crippen LogP contribution in [0.3, 0.4) is 0 Å². The Morgan fingerprint density at radius 1 is 1.25 bits per heavy atom. The fourth-order valence-corrected chi connectivity index (χ4v) is 2.21. The molecule has 0 saturated heterocycles. The van der Waals surface area contributed by atoms with Gasteiger partial charge in [-0.25, -0.2) is 4.79 Å². The third kappa shape index (κ3) is 2.93. The van der Waals surface area contributed by atoms with Crippen molar-refractivity contribution in [1.82, 2.24) is 10.6 Å². The van der Waals surface area contributed by atoms with Crippen molar-refractivity contribution >= 4 is 6.03 Å². The lowest BCUT2D eigenvalue weighted by Gasteiger charge is -2.12. The van der Waals surface area contributed by atoms with E-state index in [2.05, 4.69) is 10.6 Å². The van der Waals surface area contributed by atoms with Crippen LogP contribution in [0, 0.1) is 0 Å². The third-order valence-electron chi connectivity index (χ3n) is 3.24. The van der Waals surface area contributed by atoms with E-state index in [1.165, 1.54) is 5.56 Å². The van der Waals surface area contributed by atoms with Crippen LogP contribution in [0.4, 0.5) is 4.79 Å². The number of amides is 2. The molecule has 2 N–H and O–H groups in total. The van der Waals surface area contributed by atoms with Crippen LogP contribution >= 0.6 is 0 Å². The molecule has 2 aromatic rings. The van der Waals surface area contributed by atoms with Crippen molar-refractivity contribution < 1.29 is 13.9 Å². The highest BCUT2D eigenvalue weighted by Gasteiger charge is 2.22. The monoisotopic (exact) mass is 272 g/mol. The van der Waals surface area contributed by atoms with Crippen LogP contribution in [0.5, 0.6) is 5.75 Å². The molecule has 20 heavy (non-hydrogen) atoms. The molecule has 3 rings (SSSR count). The number of para-hydroxylation sites is 1. The van der Waals surface area contributed by atoms with Gasteiger partial charge in [-0.2, -0.15) is 0 Å². The highest BCUT2D eigenvalue weighted by atomic mass is 16.5. The number of fused-ring (bicyclic) bond motifs is 1. The molecular weight excluding hydrogens is 256 g/mol. The number of benzene rings is 1. The number of hydrogen-bond acceptors (Lipinski definition) is 3. The van der Waals surface area contributed by atoms with Crippen LogP contribution in [0.15, 0.2) is 47.3 Å². The SMILES string of the molecule is O=C(NCc1ccoc1)NCC1Cc2ccccc2O1. The summed E-state index contributed by atoms with van der Waals surface area (Å²) in [6.07, 6.45) is 4.03. The molecule has 1 aromatic carbocycles. The fraction of sp³-hybridized carbons (Fsp3) is 0.267. The van der Waals surface area contributed by atoms with Gasteiger partial charge in [-0.3, -0.25) is 0 Å². The second kappa shape index (κ2) is 5.69. The minimum atomic E-state index is -0.203. The highest BCUT2D eigenvalue weighted by molar-refractivity contribution is 5.73. The molecule has 0 bridgehead atoms. The predicted molar refractivity (Wildman–Crippen MR) is 73.5 cm³/mol. The van der Waals surface area contributed by atoms with Gasteiger partial charge in [-0.05, 0) is 17.7 Å². The van der Waals surface area contributed by atoms with Crippen molar-refractivity contribution in [1.29, 1.82) is 0 Å². The second-order valence-corrected chi connectivity index (χ2v) is 4.75. The van der Waals surface area contributed by atoms with E-state index in [1.54, 1.807) is 12.5 Å². The minimum Gasteiger partial charge on any atom is -0.488 e. The zero-order chi connectivity index (χ0) is 13.8. The van der Waals surface area contributed by atoms with Crippen molar-refractivity contribution in [3.63, 3.8) is 0 Å². The Bertz CT molecular complexity index is 556. The molecule has 0 aliphatic carbocycles. The molecule has 0 radical (unpaired) electrons. The summed E-state index contributed by atoms with van der Waals surface area (Å²) in [5.74, 6) is 0.915. The number of carbonyl (C=O) groups excluding carboxylic acids is 1. The van der Waals surface area contributed by atoms with E-state index in [4.69, 9.17) is 9.15 Å². The maximum atomic E-state index is 11.7. The maximum Gasteiger partial charge on any atom is 0.315 e. The summed E-state index contributed by atoms with van der Waals surface area (Å²) in [6, 6.07) is 9.56. The lowest BCUT2D eigenvalue weighted by Crippen LogP contribution is -2.40. The lowest BCUT2D eigenvalue weighted by atomic mass is 10.1. The van der Waals surface area contributed by atoms with Gasteiger partial charge in [0.25, 0.3) is 0 Å². The van der Waals surface area contributed by atoms with Crippen molar-refractivity contribution in [2.45, 2.75) is 19.1 Å². The van der Waals surface area contributed by atoms with Gasteiger partial charge in [-0.1, -0.05) is 18.2 Å². The molecule has 1 aliphatic heterocycles. The van der Waals surface area contributed by atoms with E-state index >= 15 is 0 Å². The molecule has 1 atom stereocenters. The summed E-state index contributed by atoms with van der Waals surface area (Å²) >= 11 is 0. The number of nitrogens with one attached hydrogen (secondary N) is 2. The van der Waals surface area contributed by atoms with Crippen LogP contribution < -0.4 is 15.4 Å². The molecule has 104 valence electrons. The first kappa shape index (κ1) is 12.6. The molecule has 5 heteroatoms. The summed E-state index contributed by atoms with van der Waals surface area (Å²) in [5, 5.41) is 5.58. The molecule has 1 aliphatic rings. The topological polar surface area (TPSA) is 63.5 Å². The quantitative estimate of drug-likeness (QED) is 0.895. The average Bonchev–Trinajstić information content (AvgIpc) is 3.11. The van der Waals surface area contributed by atoms with Crippen LogP contribution in [0.25, 0.3) is 0 Å². The van der Waals surface area contributed by atoms with Crippen LogP contribution in [0.2, 0.25) is 0 Å². The standard InChI is InChI=1S/C15H16N2O3/c18-15(16-8-11-5-6-19-10-11)17-9-13-7-12-3-1-2-4-14(12)20-13/h1-6,10,13H,7-9H2,(H2,16,17,18). The highest BCUT2D eigenvalue weighted by Crippen LogP contribution is 2.27. The molecule has 5 nitrogen and oxygen atoms in total. The van der Waals surface area contributed by atoms with Crippen molar-refractivity contribution in [2.75, 3.05) is 6.54 Å². The van der Waals surface area contributed by atoms with E-state index in [9.17, 15) is 4.79 Å². The Labute approximate surface area is 116 Å². The van der Waals surface area contributed by atoms with Crippen molar-refractivity contribution in [2.24, 2.45) is 0 Å². The van der Waals surface area contributed by atoms with Gasteiger partial charge in [0.2, 0.25) is 0 Å². The summed E-state index contributed by atoms with van der Waals surface area (Å²) in [7, 11) is 0. The van der Waals surface area contributed by atoms with E-state index < -0.39 is 0 Å². The zero-order valence-corrected chi connectivity index (χ0v) is 11.0. The smallest absolute Gasteiger partial charge is 0.315 e. The zero-order valence-electron chi connectivity index (χ0n) is 11.0. The molecule has 1 unspecified atom stereocenters. The summed E-state index contributed by atoms with van der Waals surface area (Å²) in [5.41, 5.74) is 2.13. The Morgan fingerprint density at radius 3 is 2.95 bits per heavy atom. The van der Waals surface area contributed by atoms with Gasteiger partial charge < -0.3 is 19.8 Å². The summed E-state index contributed by atoms with van der Waals surface area (Å²) in [4.78, 5) is 11.7. The fourth-order valence-electron chi connectivity index (χ4n) is 2.21. The van der Waals surface area contributed by atoms with Crippen molar-refractivity contribution in [3.05, 3.63) is 54.0 Å². The first-order valence-electron chi connectivity index (χ1n) is 6.58. The summed E-state index contributed by atoms with van der Waals surface area (Å²) in [6.45, 7) is 0.944. The third-order valence-corrected chi connectivity index (χ3v) is 3.24. The first-order valence-corrected chi connectivity index (χ1v) is 6.58. The Balaban J connectivity index is 1.41. The number of ether oxygens (including phenoxy) is 1. The maximum absolute atomic E-state index is 11.7. The minimum absolute atomic E-state index is 0.00655. The number of furan rings is 1. The van der Waals surface area contributed by atoms with E-state index in [0.717, 1.165) is 17.7 Å². The normalized spacial score (nSPS) is 16.3. The molecule has 2 amide bonds. The molecule has 1 aromatic heterocycles. The number of urea groups is 1. The van der Waals surface area contributed by atoms with Gasteiger partial charge in [0, 0.05) is 18.5 Å². The van der Waals surface area contributed by atoms with Gasteiger partial charge in [0.1, 0.15) is 11.9 Å². The second-order valence-electron chi connectivity index (χ2n) is 4.75. The van der Waals surface area contributed by atoms with Gasteiger partial charge in [0.15, 0.2) is 0 Å². The van der Waals surface area contributed by atoms with Crippen LogP contribution in [-0.2, 0) is 13.0 Å². The molecule has 0 fully saturated rings. The Hall–Kier alpha value is -2.43. The molecular formula is C15H16N2O3. The lowest BCUT2D eigenvalue weighted by molar-refractivity contribution is 0.214. The first-order chi connectivity index (χ1) is 9.81. The predicted octanol–water partition coefficient (Wildman–Crippen LogP) is 2.08.